The summed E-state index contributed by atoms with van der Waals surface area (Å²) in [5, 5.41) is 0. The third kappa shape index (κ3) is 4.20. The van der Waals surface area contributed by atoms with E-state index in [2.05, 4.69) is 41.0 Å². The normalized spacial score (nSPS) is 17.1. The molecule has 4 rings (SSSR count). The number of ether oxygens (including phenoxy) is 1. The molecule has 5 nitrogen and oxygen atoms in total. The zero-order chi connectivity index (χ0) is 17.9. The minimum absolute atomic E-state index is 0. The monoisotopic (exact) mass is 387 g/mol. The fourth-order valence-corrected chi connectivity index (χ4v) is 3.70. The van der Waals surface area contributed by atoms with E-state index in [0.717, 1.165) is 32.7 Å². The van der Waals surface area contributed by atoms with Crippen molar-refractivity contribution in [3.63, 3.8) is 0 Å². The summed E-state index contributed by atoms with van der Waals surface area (Å²) in [5.41, 5.74) is 3.34. The van der Waals surface area contributed by atoms with Gasteiger partial charge in [-0.05, 0) is 30.7 Å². The molecule has 0 saturated carbocycles. The Labute approximate surface area is 166 Å². The summed E-state index contributed by atoms with van der Waals surface area (Å²) in [6.07, 6.45) is 0. The highest BCUT2D eigenvalue weighted by Crippen LogP contribution is 2.24. The molecular weight excluding hydrogens is 362 g/mol. The summed E-state index contributed by atoms with van der Waals surface area (Å²) >= 11 is 0. The van der Waals surface area contributed by atoms with Crippen LogP contribution < -0.4 is 9.64 Å². The maximum Gasteiger partial charge on any atom is 0.260 e. The molecule has 0 aromatic heterocycles. The first kappa shape index (κ1) is 19.5. The van der Waals surface area contributed by atoms with Gasteiger partial charge in [0.05, 0.1) is 5.56 Å². The second kappa shape index (κ2) is 8.63. The summed E-state index contributed by atoms with van der Waals surface area (Å²) in [6.45, 7) is 8.20. The average molecular weight is 388 g/mol. The van der Waals surface area contributed by atoms with Crippen molar-refractivity contribution in [1.82, 2.24) is 9.80 Å². The molecule has 0 spiro atoms. The molecule has 27 heavy (non-hydrogen) atoms. The molecule has 0 N–H and O–H groups in total. The van der Waals surface area contributed by atoms with E-state index in [9.17, 15) is 4.79 Å². The van der Waals surface area contributed by atoms with Gasteiger partial charge in [-0.3, -0.25) is 9.69 Å². The highest BCUT2D eigenvalue weighted by Gasteiger charge is 2.26. The Morgan fingerprint density at radius 1 is 0.926 bits per heavy atom. The van der Waals surface area contributed by atoms with Gasteiger partial charge in [0.1, 0.15) is 5.75 Å². The van der Waals surface area contributed by atoms with Crippen LogP contribution in [0.3, 0.4) is 0 Å². The van der Waals surface area contributed by atoms with Crippen LogP contribution in [0.1, 0.15) is 15.9 Å². The van der Waals surface area contributed by atoms with Crippen LogP contribution in [0, 0.1) is 6.92 Å². The van der Waals surface area contributed by atoms with Crippen molar-refractivity contribution in [2.45, 2.75) is 6.92 Å². The molecule has 0 bridgehead atoms. The Kier molecular flexibility index (Phi) is 6.24. The molecule has 0 radical (unpaired) electrons. The molecule has 144 valence electrons. The number of hydrogen-bond acceptors (Lipinski definition) is 4. The molecule has 0 unspecified atom stereocenters. The Balaban J connectivity index is 0.00000210. The highest BCUT2D eigenvalue weighted by atomic mass is 35.5. The van der Waals surface area contributed by atoms with E-state index in [1.165, 1.54) is 11.3 Å². The van der Waals surface area contributed by atoms with Crippen LogP contribution in [0.25, 0.3) is 0 Å². The molecule has 1 saturated heterocycles. The lowest BCUT2D eigenvalue weighted by Crippen LogP contribution is -2.50. The highest BCUT2D eigenvalue weighted by molar-refractivity contribution is 5.97. The zero-order valence-electron chi connectivity index (χ0n) is 15.6. The Morgan fingerprint density at radius 2 is 1.63 bits per heavy atom. The molecular formula is C21H26ClN3O2. The van der Waals surface area contributed by atoms with E-state index in [1.807, 2.05) is 24.3 Å². The van der Waals surface area contributed by atoms with Gasteiger partial charge >= 0.3 is 0 Å². The van der Waals surface area contributed by atoms with Gasteiger partial charge in [-0.25, -0.2) is 0 Å². The van der Waals surface area contributed by atoms with Crippen molar-refractivity contribution in [3.8, 4) is 5.75 Å². The van der Waals surface area contributed by atoms with Gasteiger partial charge in [0, 0.05) is 45.0 Å². The smallest absolute Gasteiger partial charge is 0.260 e. The number of fused-ring (bicyclic) bond motifs is 1. The van der Waals surface area contributed by atoms with E-state index in [0.29, 0.717) is 24.6 Å². The molecule has 2 aliphatic rings. The first-order chi connectivity index (χ1) is 12.7. The molecule has 0 aliphatic carbocycles. The number of aryl methyl sites for hydroxylation is 1. The van der Waals surface area contributed by atoms with Crippen LogP contribution >= 0.6 is 12.4 Å². The van der Waals surface area contributed by atoms with Gasteiger partial charge in [0.25, 0.3) is 5.91 Å². The Morgan fingerprint density at radius 3 is 2.41 bits per heavy atom. The van der Waals surface area contributed by atoms with Gasteiger partial charge in [-0.1, -0.05) is 30.3 Å². The number of carbonyl (C=O) groups excluding carboxylic acids is 1. The lowest BCUT2D eigenvalue weighted by atomic mass is 10.1. The predicted molar refractivity (Wildman–Crippen MR) is 110 cm³/mol. The number of amides is 1. The molecule has 1 amide bonds. The third-order valence-corrected chi connectivity index (χ3v) is 5.30. The van der Waals surface area contributed by atoms with Crippen molar-refractivity contribution in [1.29, 1.82) is 0 Å². The molecule has 0 atom stereocenters. The maximum absolute atomic E-state index is 12.6. The van der Waals surface area contributed by atoms with Crippen molar-refractivity contribution < 1.29 is 9.53 Å². The number of halogens is 1. The number of benzene rings is 2. The standard InChI is InChI=1S/C21H25N3O2.ClH/c1-17-6-2-4-8-19(17)23-13-10-22(11-14-23)12-15-24-16-26-20-9-5-3-7-18(20)21(24)25;/h2-9H,10-16H2,1H3;1H. The van der Waals surface area contributed by atoms with Crippen molar-refractivity contribution in [2.75, 3.05) is 50.9 Å². The lowest BCUT2D eigenvalue weighted by molar-refractivity contribution is 0.0488. The molecule has 1 fully saturated rings. The van der Waals surface area contributed by atoms with E-state index < -0.39 is 0 Å². The van der Waals surface area contributed by atoms with Crippen LogP contribution in [0.15, 0.2) is 48.5 Å². The molecule has 6 heteroatoms. The second-order valence-electron chi connectivity index (χ2n) is 6.95. The predicted octanol–water partition coefficient (Wildman–Crippen LogP) is 3.03. The fraction of sp³-hybridized carbons (Fsp3) is 0.381. The number of rotatable bonds is 4. The van der Waals surface area contributed by atoms with Crippen molar-refractivity contribution in [3.05, 3.63) is 59.7 Å². The number of nitrogens with zero attached hydrogens (tertiary/aromatic N) is 3. The second-order valence-corrected chi connectivity index (χ2v) is 6.95. The van der Waals surface area contributed by atoms with E-state index in [-0.39, 0.29) is 18.3 Å². The van der Waals surface area contributed by atoms with Gasteiger partial charge < -0.3 is 14.5 Å². The quantitative estimate of drug-likeness (QED) is 0.808. The average Bonchev–Trinajstić information content (AvgIpc) is 2.69. The zero-order valence-corrected chi connectivity index (χ0v) is 16.5. The van der Waals surface area contributed by atoms with E-state index in [4.69, 9.17) is 4.74 Å². The minimum Gasteiger partial charge on any atom is -0.472 e. The lowest BCUT2D eigenvalue weighted by Gasteiger charge is -2.38. The molecule has 2 heterocycles. The molecule has 2 aliphatic heterocycles. The van der Waals surface area contributed by atoms with E-state index >= 15 is 0 Å². The number of anilines is 1. The van der Waals surface area contributed by atoms with Gasteiger partial charge in [0.2, 0.25) is 0 Å². The number of para-hydroxylation sites is 2. The van der Waals surface area contributed by atoms with Crippen LogP contribution in [0.5, 0.6) is 5.75 Å². The first-order valence-electron chi connectivity index (χ1n) is 9.26. The summed E-state index contributed by atoms with van der Waals surface area (Å²) in [4.78, 5) is 19.3. The fourth-order valence-electron chi connectivity index (χ4n) is 3.70. The SMILES string of the molecule is Cc1ccccc1N1CCN(CCN2COc3ccccc3C2=O)CC1.Cl. The first-order valence-corrected chi connectivity index (χ1v) is 9.26. The maximum atomic E-state index is 12.6. The third-order valence-electron chi connectivity index (χ3n) is 5.30. The molecule has 2 aromatic carbocycles. The number of piperazine rings is 1. The summed E-state index contributed by atoms with van der Waals surface area (Å²) in [5.74, 6) is 0.769. The van der Waals surface area contributed by atoms with Crippen LogP contribution in [0.2, 0.25) is 0 Å². The number of carbonyl (C=O) groups is 1. The summed E-state index contributed by atoms with van der Waals surface area (Å²) in [6, 6.07) is 16.0. The van der Waals surface area contributed by atoms with Crippen molar-refractivity contribution in [2.24, 2.45) is 0 Å². The van der Waals surface area contributed by atoms with Crippen molar-refractivity contribution >= 4 is 24.0 Å². The summed E-state index contributed by atoms with van der Waals surface area (Å²) < 4.78 is 5.71. The minimum atomic E-state index is 0. The van der Waals surface area contributed by atoms with Gasteiger partial charge in [-0.2, -0.15) is 0 Å². The Hall–Kier alpha value is -2.24. The van der Waals surface area contributed by atoms with Gasteiger partial charge in [-0.15, -0.1) is 12.4 Å². The van der Waals surface area contributed by atoms with Crippen LogP contribution in [0.4, 0.5) is 5.69 Å². The largest absolute Gasteiger partial charge is 0.472 e. The topological polar surface area (TPSA) is 36.0 Å². The number of hydrogen-bond donors (Lipinski definition) is 0. The van der Waals surface area contributed by atoms with E-state index in [1.54, 1.807) is 4.90 Å². The summed E-state index contributed by atoms with van der Waals surface area (Å²) in [7, 11) is 0. The molecule has 2 aromatic rings. The van der Waals surface area contributed by atoms with Crippen LogP contribution in [-0.4, -0.2) is 61.7 Å². The van der Waals surface area contributed by atoms with Gasteiger partial charge in [0.15, 0.2) is 6.73 Å². The van der Waals surface area contributed by atoms with Crippen LogP contribution in [-0.2, 0) is 0 Å². The Bertz CT molecular complexity index is 791.